The molecule has 45 heavy (non-hydrogen) atoms. The number of likely N-dealkylation sites (tertiary alicyclic amines) is 1. The fourth-order valence-corrected chi connectivity index (χ4v) is 7.82. The first-order valence-electron chi connectivity index (χ1n) is 15.7. The molecule has 0 saturated carbocycles. The Morgan fingerprint density at radius 1 is 0.911 bits per heavy atom. The molecule has 1 aromatic carbocycles. The Balaban J connectivity index is 0.907. The van der Waals surface area contributed by atoms with Gasteiger partial charge < -0.3 is 20.4 Å². The second kappa shape index (κ2) is 10.9. The first-order valence-corrected chi connectivity index (χ1v) is 15.7. The van der Waals surface area contributed by atoms with Gasteiger partial charge in [-0.2, -0.15) is 0 Å². The number of hydrogen-bond acceptors (Lipinski definition) is 10. The standard InChI is InChI=1S/C32H38N8O5/c1-31(8-12-39(13-9-31)25-6-4-23(27(33)42)35-36-25)17-37-18-32(19-37)10-14-38(15-11-32)20-2-3-21-22(16-20)30(45)40(29(21)44)24-5-7-26(41)34-28(24)43/h2-4,6,16,24H,5,7-15,17-19H2,1H3,(H2,33,42)(H,34,41,43). The van der Waals surface area contributed by atoms with E-state index in [0.29, 0.717) is 16.5 Å². The predicted octanol–water partition coefficient (Wildman–Crippen LogP) is 1.19. The molecule has 7 rings (SSSR count). The van der Waals surface area contributed by atoms with Crippen LogP contribution in [0.1, 0.15) is 76.7 Å². The summed E-state index contributed by atoms with van der Waals surface area (Å²) >= 11 is 0. The highest BCUT2D eigenvalue weighted by Crippen LogP contribution is 2.44. The summed E-state index contributed by atoms with van der Waals surface area (Å²) < 4.78 is 0. The molecule has 1 unspecified atom stereocenters. The van der Waals surface area contributed by atoms with Crippen molar-refractivity contribution in [2.75, 3.05) is 55.6 Å². The zero-order chi connectivity index (χ0) is 31.5. The molecule has 3 N–H and O–H groups in total. The van der Waals surface area contributed by atoms with Crippen LogP contribution < -0.4 is 20.9 Å². The van der Waals surface area contributed by atoms with Crippen molar-refractivity contribution in [3.8, 4) is 0 Å². The van der Waals surface area contributed by atoms with E-state index in [1.165, 1.54) is 0 Å². The van der Waals surface area contributed by atoms with E-state index in [1.54, 1.807) is 18.2 Å². The molecule has 4 saturated heterocycles. The molecule has 1 atom stereocenters. The van der Waals surface area contributed by atoms with Gasteiger partial charge in [0.1, 0.15) is 6.04 Å². The van der Waals surface area contributed by atoms with Crippen molar-refractivity contribution >= 4 is 41.0 Å². The van der Waals surface area contributed by atoms with Crippen molar-refractivity contribution in [3.05, 3.63) is 47.2 Å². The minimum atomic E-state index is -0.957. The SMILES string of the molecule is CC1(CN2CC3(CCN(c4ccc5c(c4)C(=O)N(C4CCC(=O)NC4=O)C5=O)CC3)C2)CCN(c2ccc(C(N)=O)nn2)CC1. The average molecular weight is 615 g/mol. The maximum absolute atomic E-state index is 13.3. The fourth-order valence-electron chi connectivity index (χ4n) is 7.82. The normalized spacial score (nSPS) is 24.5. The molecule has 0 radical (unpaired) electrons. The minimum Gasteiger partial charge on any atom is -0.371 e. The molecule has 1 spiro atoms. The average Bonchev–Trinajstić information content (AvgIpc) is 3.26. The number of rotatable bonds is 6. The third-order valence-corrected chi connectivity index (χ3v) is 10.5. The number of carbonyl (C=O) groups excluding carboxylic acids is 5. The summed E-state index contributed by atoms with van der Waals surface area (Å²) in [5.41, 5.74) is 7.56. The molecule has 13 heteroatoms. The van der Waals surface area contributed by atoms with Crippen molar-refractivity contribution < 1.29 is 24.0 Å². The van der Waals surface area contributed by atoms with Crippen molar-refractivity contribution in [2.24, 2.45) is 16.6 Å². The lowest BCUT2D eigenvalue weighted by atomic mass is 9.70. The van der Waals surface area contributed by atoms with Crippen LogP contribution >= 0.6 is 0 Å². The summed E-state index contributed by atoms with van der Waals surface area (Å²) in [5.74, 6) is -1.72. The van der Waals surface area contributed by atoms with Crippen LogP contribution in [0.2, 0.25) is 0 Å². The van der Waals surface area contributed by atoms with E-state index in [4.69, 9.17) is 5.73 Å². The van der Waals surface area contributed by atoms with E-state index in [9.17, 15) is 24.0 Å². The molecule has 5 aliphatic rings. The van der Waals surface area contributed by atoms with Crippen LogP contribution in [0.25, 0.3) is 0 Å². The summed E-state index contributed by atoms with van der Waals surface area (Å²) in [7, 11) is 0. The van der Waals surface area contributed by atoms with E-state index in [1.807, 2.05) is 12.1 Å². The Bertz CT molecular complexity index is 1570. The van der Waals surface area contributed by atoms with Crippen molar-refractivity contribution in [3.63, 3.8) is 0 Å². The maximum atomic E-state index is 13.3. The van der Waals surface area contributed by atoms with Gasteiger partial charge in [-0.15, -0.1) is 10.2 Å². The molecular formula is C32H38N8O5. The molecule has 13 nitrogen and oxygen atoms in total. The smallest absolute Gasteiger partial charge is 0.269 e. The number of hydrogen-bond donors (Lipinski definition) is 2. The van der Waals surface area contributed by atoms with E-state index in [-0.39, 0.29) is 29.9 Å². The number of nitrogens with zero attached hydrogens (tertiary/aromatic N) is 6. The number of imide groups is 2. The topological polar surface area (TPSA) is 162 Å². The summed E-state index contributed by atoms with van der Waals surface area (Å²) in [5, 5.41) is 10.4. The Labute approximate surface area is 261 Å². The van der Waals surface area contributed by atoms with Gasteiger partial charge in [0, 0.05) is 57.9 Å². The van der Waals surface area contributed by atoms with Gasteiger partial charge in [0.05, 0.1) is 11.1 Å². The van der Waals surface area contributed by atoms with Gasteiger partial charge in [-0.3, -0.25) is 34.2 Å². The molecule has 2 aromatic rings. The molecule has 4 fully saturated rings. The number of carbonyl (C=O) groups is 5. The highest BCUT2D eigenvalue weighted by atomic mass is 16.2. The van der Waals surface area contributed by atoms with Crippen LogP contribution in [0.4, 0.5) is 11.5 Å². The minimum absolute atomic E-state index is 0.102. The molecule has 0 aliphatic carbocycles. The number of nitrogens with two attached hydrogens (primary N) is 1. The summed E-state index contributed by atoms with van der Waals surface area (Å²) in [4.78, 5) is 69.7. The summed E-state index contributed by atoms with van der Waals surface area (Å²) in [6.45, 7) is 9.20. The van der Waals surface area contributed by atoms with Crippen molar-refractivity contribution in [2.45, 2.75) is 51.5 Å². The van der Waals surface area contributed by atoms with Gasteiger partial charge in [-0.25, -0.2) is 0 Å². The van der Waals surface area contributed by atoms with E-state index in [0.717, 1.165) is 87.9 Å². The highest BCUT2D eigenvalue weighted by molar-refractivity contribution is 6.23. The largest absolute Gasteiger partial charge is 0.371 e. The Morgan fingerprint density at radius 2 is 1.60 bits per heavy atom. The van der Waals surface area contributed by atoms with Crippen LogP contribution in [-0.2, 0) is 9.59 Å². The number of primary amides is 1. The van der Waals surface area contributed by atoms with Crippen molar-refractivity contribution in [1.82, 2.24) is 25.3 Å². The van der Waals surface area contributed by atoms with Crippen molar-refractivity contribution in [1.29, 1.82) is 0 Å². The molecule has 1 aromatic heterocycles. The zero-order valence-electron chi connectivity index (χ0n) is 25.5. The zero-order valence-corrected chi connectivity index (χ0v) is 25.5. The monoisotopic (exact) mass is 614 g/mol. The van der Waals surface area contributed by atoms with Gasteiger partial charge in [0.2, 0.25) is 11.8 Å². The number of amides is 5. The van der Waals surface area contributed by atoms with Crippen LogP contribution in [0.5, 0.6) is 0 Å². The van der Waals surface area contributed by atoms with E-state index >= 15 is 0 Å². The summed E-state index contributed by atoms with van der Waals surface area (Å²) in [6.07, 6.45) is 4.51. The first-order chi connectivity index (χ1) is 21.5. The molecule has 6 heterocycles. The van der Waals surface area contributed by atoms with Gasteiger partial charge in [0.25, 0.3) is 17.7 Å². The number of anilines is 2. The first kappa shape index (κ1) is 29.3. The van der Waals surface area contributed by atoms with Crippen LogP contribution in [0, 0.1) is 10.8 Å². The number of fused-ring (bicyclic) bond motifs is 1. The lowest BCUT2D eigenvalue weighted by Gasteiger charge is -2.56. The third-order valence-electron chi connectivity index (χ3n) is 10.5. The Morgan fingerprint density at radius 3 is 2.24 bits per heavy atom. The molecule has 5 aliphatic heterocycles. The third kappa shape index (κ3) is 5.32. The lowest BCUT2D eigenvalue weighted by Crippen LogP contribution is -2.62. The van der Waals surface area contributed by atoms with Gasteiger partial charge in [-0.05, 0) is 73.3 Å². The second-order valence-corrected chi connectivity index (χ2v) is 13.7. The number of benzene rings is 1. The maximum Gasteiger partial charge on any atom is 0.269 e. The highest BCUT2D eigenvalue weighted by Gasteiger charge is 2.48. The van der Waals surface area contributed by atoms with Gasteiger partial charge in [0.15, 0.2) is 11.5 Å². The number of piperidine rings is 3. The fraction of sp³-hybridized carbons (Fsp3) is 0.531. The molecular weight excluding hydrogens is 576 g/mol. The Hall–Kier alpha value is -4.39. The van der Waals surface area contributed by atoms with Gasteiger partial charge >= 0.3 is 0 Å². The van der Waals surface area contributed by atoms with Crippen LogP contribution in [-0.4, -0.2) is 101 Å². The lowest BCUT2D eigenvalue weighted by molar-refractivity contribution is -0.136. The molecule has 0 bridgehead atoms. The van der Waals surface area contributed by atoms with Crippen LogP contribution in [0.15, 0.2) is 30.3 Å². The second-order valence-electron chi connectivity index (χ2n) is 13.7. The molecule has 236 valence electrons. The Kier molecular flexibility index (Phi) is 7.10. The van der Waals surface area contributed by atoms with Gasteiger partial charge in [-0.1, -0.05) is 6.92 Å². The quantitative estimate of drug-likeness (QED) is 0.452. The number of aromatic nitrogens is 2. The van der Waals surface area contributed by atoms with E-state index < -0.39 is 29.7 Å². The predicted molar refractivity (Wildman–Crippen MR) is 164 cm³/mol. The van der Waals surface area contributed by atoms with Crippen LogP contribution in [0.3, 0.4) is 0 Å². The number of nitrogens with one attached hydrogen (secondary N) is 1. The molecule has 5 amide bonds. The van der Waals surface area contributed by atoms with E-state index in [2.05, 4.69) is 37.1 Å². The summed E-state index contributed by atoms with van der Waals surface area (Å²) in [6, 6.07) is 7.87.